The van der Waals surface area contributed by atoms with Gasteiger partial charge in [0.1, 0.15) is 12.4 Å². The first-order valence-electron chi connectivity index (χ1n) is 6.68. The predicted octanol–water partition coefficient (Wildman–Crippen LogP) is 1.84. The van der Waals surface area contributed by atoms with Crippen LogP contribution in [0.2, 0.25) is 0 Å². The molecule has 1 aromatic rings. The number of carbonyl (C=O) groups excluding carboxylic acids is 1. The van der Waals surface area contributed by atoms with Gasteiger partial charge in [0.05, 0.1) is 17.7 Å². The Morgan fingerprint density at radius 2 is 2.00 bits per heavy atom. The van der Waals surface area contributed by atoms with E-state index in [9.17, 15) is 27.9 Å². The van der Waals surface area contributed by atoms with Crippen LogP contribution in [0.25, 0.3) is 0 Å². The first kappa shape index (κ1) is 19.5. The molecule has 1 rings (SSSR count). The fourth-order valence-electron chi connectivity index (χ4n) is 1.58. The Morgan fingerprint density at radius 1 is 1.38 bits per heavy atom. The molecule has 9 heteroatoms. The minimum Gasteiger partial charge on any atom is -0.489 e. The van der Waals surface area contributed by atoms with Gasteiger partial charge in [0.15, 0.2) is 5.60 Å². The number of halogens is 3. The molecule has 24 heavy (non-hydrogen) atoms. The number of rotatable bonds is 7. The first-order valence-corrected chi connectivity index (χ1v) is 6.68. The zero-order valence-electron chi connectivity index (χ0n) is 12.7. The van der Waals surface area contributed by atoms with Gasteiger partial charge in [0.2, 0.25) is 0 Å². The van der Waals surface area contributed by atoms with Gasteiger partial charge in [-0.3, -0.25) is 4.79 Å². The summed E-state index contributed by atoms with van der Waals surface area (Å²) in [6, 6.07) is 2.32. The van der Waals surface area contributed by atoms with Crippen LogP contribution < -0.4 is 10.1 Å². The summed E-state index contributed by atoms with van der Waals surface area (Å²) in [6.45, 7) is 3.59. The van der Waals surface area contributed by atoms with Crippen LogP contribution in [-0.2, 0) is 11.0 Å². The second kappa shape index (κ2) is 7.35. The third-order valence-electron chi connectivity index (χ3n) is 2.96. The number of amides is 1. The predicted molar refractivity (Wildman–Crippen MR) is 77.7 cm³/mol. The fourth-order valence-corrected chi connectivity index (χ4v) is 1.58. The molecule has 0 radical (unpaired) electrons. The molecule has 0 aliphatic carbocycles. The highest BCUT2D eigenvalue weighted by Crippen LogP contribution is 2.32. The molecular weight excluding hydrogens is 331 g/mol. The Balaban J connectivity index is 3.10. The lowest BCUT2D eigenvalue weighted by Crippen LogP contribution is -2.46. The van der Waals surface area contributed by atoms with Gasteiger partial charge in [-0.05, 0) is 25.1 Å². The van der Waals surface area contributed by atoms with E-state index in [-0.39, 0.29) is 12.4 Å². The van der Waals surface area contributed by atoms with Crippen molar-refractivity contribution >= 4 is 11.9 Å². The van der Waals surface area contributed by atoms with Crippen molar-refractivity contribution in [2.24, 2.45) is 0 Å². The summed E-state index contributed by atoms with van der Waals surface area (Å²) in [7, 11) is 0. The minimum atomic E-state index is -4.67. The van der Waals surface area contributed by atoms with Gasteiger partial charge in [-0.2, -0.15) is 13.2 Å². The average Bonchev–Trinajstić information content (AvgIpc) is 2.49. The summed E-state index contributed by atoms with van der Waals surface area (Å²) in [4.78, 5) is 22.9. The van der Waals surface area contributed by atoms with E-state index in [4.69, 9.17) is 9.84 Å². The Bertz CT molecular complexity index is 640. The van der Waals surface area contributed by atoms with Crippen LogP contribution in [0.3, 0.4) is 0 Å². The van der Waals surface area contributed by atoms with Crippen molar-refractivity contribution in [1.29, 1.82) is 0 Å². The lowest BCUT2D eigenvalue weighted by molar-refractivity contribution is -0.155. The van der Waals surface area contributed by atoms with Gasteiger partial charge in [-0.25, -0.2) is 4.79 Å². The van der Waals surface area contributed by atoms with Gasteiger partial charge < -0.3 is 20.3 Å². The zero-order chi connectivity index (χ0) is 18.5. The van der Waals surface area contributed by atoms with Crippen molar-refractivity contribution in [3.05, 3.63) is 42.0 Å². The van der Waals surface area contributed by atoms with Crippen LogP contribution in [-0.4, -0.2) is 40.8 Å². The molecule has 0 aromatic heterocycles. The molecule has 0 fully saturated rings. The number of aliphatic carboxylic acids is 1. The summed E-state index contributed by atoms with van der Waals surface area (Å²) in [5, 5.41) is 20.4. The van der Waals surface area contributed by atoms with Crippen LogP contribution in [0, 0.1) is 0 Å². The number of hydrogen-bond donors (Lipinski definition) is 3. The number of aliphatic hydroxyl groups is 1. The number of carbonyl (C=O) groups is 2. The Hall–Kier alpha value is -2.55. The van der Waals surface area contributed by atoms with Crippen molar-refractivity contribution < 1.29 is 37.7 Å². The molecule has 0 spiro atoms. The normalized spacial score (nSPS) is 13.7. The van der Waals surface area contributed by atoms with Gasteiger partial charge in [-0.1, -0.05) is 12.7 Å². The number of alkyl halides is 3. The van der Waals surface area contributed by atoms with Gasteiger partial charge in [-0.15, -0.1) is 0 Å². The summed E-state index contributed by atoms with van der Waals surface area (Å²) < 4.78 is 43.5. The molecule has 0 aliphatic rings. The van der Waals surface area contributed by atoms with Crippen molar-refractivity contribution in [2.75, 3.05) is 13.2 Å². The van der Waals surface area contributed by atoms with Gasteiger partial charge >= 0.3 is 12.1 Å². The average molecular weight is 347 g/mol. The van der Waals surface area contributed by atoms with Gasteiger partial charge in [0.25, 0.3) is 5.91 Å². The molecule has 1 amide bonds. The number of carboxylic acids is 1. The molecule has 0 saturated carbocycles. The quantitative estimate of drug-likeness (QED) is 0.654. The second-order valence-electron chi connectivity index (χ2n) is 5.07. The lowest BCUT2D eigenvalue weighted by Gasteiger charge is -2.19. The molecule has 0 heterocycles. The van der Waals surface area contributed by atoms with Crippen molar-refractivity contribution in [3.8, 4) is 5.75 Å². The molecule has 6 nitrogen and oxygen atoms in total. The third kappa shape index (κ3) is 4.98. The number of hydrogen-bond acceptors (Lipinski definition) is 4. The van der Waals surface area contributed by atoms with E-state index in [0.29, 0.717) is 6.07 Å². The monoisotopic (exact) mass is 347 g/mol. The molecular formula is C15H16F3NO5. The molecule has 3 N–H and O–H groups in total. The maximum Gasteiger partial charge on any atom is 0.416 e. The molecule has 1 aromatic carbocycles. The highest BCUT2D eigenvalue weighted by molar-refractivity contribution is 5.97. The first-order chi connectivity index (χ1) is 11.0. The highest BCUT2D eigenvalue weighted by Gasteiger charge is 2.33. The maximum atomic E-state index is 12.8. The summed E-state index contributed by atoms with van der Waals surface area (Å²) in [5.74, 6) is -2.73. The topological polar surface area (TPSA) is 95.9 Å². The van der Waals surface area contributed by atoms with E-state index in [2.05, 4.69) is 11.9 Å². The Labute approximate surface area is 135 Å². The van der Waals surface area contributed by atoms with Crippen LogP contribution in [0.15, 0.2) is 30.9 Å². The number of benzene rings is 1. The van der Waals surface area contributed by atoms with Crippen LogP contribution in [0.5, 0.6) is 5.75 Å². The van der Waals surface area contributed by atoms with Crippen molar-refractivity contribution in [3.63, 3.8) is 0 Å². The molecule has 1 unspecified atom stereocenters. The minimum absolute atomic E-state index is 0.0432. The third-order valence-corrected chi connectivity index (χ3v) is 2.96. The van der Waals surface area contributed by atoms with E-state index < -0.39 is 41.3 Å². The van der Waals surface area contributed by atoms with Crippen molar-refractivity contribution in [2.45, 2.75) is 18.7 Å². The fraction of sp³-hybridized carbons (Fsp3) is 0.333. The lowest BCUT2D eigenvalue weighted by atomic mass is 10.1. The zero-order valence-corrected chi connectivity index (χ0v) is 12.7. The SMILES string of the molecule is C=CCOc1ccc(C(F)(F)F)cc1C(=O)NCC(C)(O)C(=O)O. The Morgan fingerprint density at radius 3 is 2.50 bits per heavy atom. The maximum absolute atomic E-state index is 12.8. The van der Waals surface area contributed by atoms with Crippen molar-refractivity contribution in [1.82, 2.24) is 5.32 Å². The molecule has 1 atom stereocenters. The van der Waals surface area contributed by atoms with E-state index in [0.717, 1.165) is 19.1 Å². The molecule has 132 valence electrons. The standard InChI is InChI=1S/C15H16F3NO5/c1-3-6-24-11-5-4-9(15(16,17)18)7-10(11)12(20)19-8-14(2,23)13(21)22/h3-5,7,23H,1,6,8H2,2H3,(H,19,20)(H,21,22). The second-order valence-corrected chi connectivity index (χ2v) is 5.07. The number of ether oxygens (including phenoxy) is 1. The van der Waals surface area contributed by atoms with E-state index >= 15 is 0 Å². The summed E-state index contributed by atoms with van der Waals surface area (Å²) in [5.41, 5.74) is -3.77. The van der Waals surface area contributed by atoms with E-state index in [1.54, 1.807) is 0 Å². The molecule has 0 bridgehead atoms. The Kier molecular flexibility index (Phi) is 5.97. The summed E-state index contributed by atoms with van der Waals surface area (Å²) in [6.07, 6.45) is -3.33. The van der Waals surface area contributed by atoms with E-state index in [1.807, 2.05) is 0 Å². The molecule has 0 aliphatic heterocycles. The smallest absolute Gasteiger partial charge is 0.416 e. The van der Waals surface area contributed by atoms with Crippen LogP contribution in [0.4, 0.5) is 13.2 Å². The van der Waals surface area contributed by atoms with Gasteiger partial charge in [0, 0.05) is 0 Å². The summed E-state index contributed by atoms with van der Waals surface area (Å²) >= 11 is 0. The van der Waals surface area contributed by atoms with Crippen LogP contribution in [0.1, 0.15) is 22.8 Å². The largest absolute Gasteiger partial charge is 0.489 e. The highest BCUT2D eigenvalue weighted by atomic mass is 19.4. The number of nitrogens with one attached hydrogen (secondary N) is 1. The van der Waals surface area contributed by atoms with E-state index in [1.165, 1.54) is 6.08 Å². The van der Waals surface area contributed by atoms with Crippen LogP contribution >= 0.6 is 0 Å². The molecule has 0 saturated heterocycles. The number of carboxylic acid groups (broad SMARTS) is 1.